The molecule has 102 heavy (non-hydrogen) atoms. The average Bonchev–Trinajstić information content (AvgIpc) is 0.949. The van der Waals surface area contributed by atoms with E-state index in [0.29, 0.717) is 25.7 Å². The van der Waals surface area contributed by atoms with Gasteiger partial charge in [-0.3, -0.25) is 37.3 Å². The van der Waals surface area contributed by atoms with Gasteiger partial charge in [0, 0.05) is 25.7 Å². The molecule has 17 nitrogen and oxygen atoms in total. The van der Waals surface area contributed by atoms with Gasteiger partial charge >= 0.3 is 39.5 Å². The van der Waals surface area contributed by atoms with E-state index in [4.69, 9.17) is 37.0 Å². The number of carbonyl (C=O) groups is 4. The van der Waals surface area contributed by atoms with Crippen molar-refractivity contribution < 1.29 is 80.2 Å². The maximum absolute atomic E-state index is 13.1. The van der Waals surface area contributed by atoms with Crippen LogP contribution in [0.4, 0.5) is 0 Å². The SMILES string of the molecule is CCCCC/C=C\C/C=C\CCCCCCCC(=O)OC[C@H](COP(=O)(O)OC[C@@H](O)COP(=O)(O)OC[C@@H](COC(=O)CCCCCCCCCCCCCCCCCCC)OC(=O)CCCCCCCCCCCCCCC)OC(=O)CCCCCCCCCCCCCCCCCCC. The second-order valence-corrected chi connectivity index (χ2v) is 32.1. The molecule has 0 saturated carbocycles. The lowest BCUT2D eigenvalue weighted by Gasteiger charge is -2.21. The van der Waals surface area contributed by atoms with Gasteiger partial charge in [0.25, 0.3) is 0 Å². The van der Waals surface area contributed by atoms with Crippen LogP contribution in [0.25, 0.3) is 0 Å². The van der Waals surface area contributed by atoms with Gasteiger partial charge in [-0.05, 0) is 57.8 Å². The van der Waals surface area contributed by atoms with E-state index in [1.54, 1.807) is 0 Å². The van der Waals surface area contributed by atoms with Gasteiger partial charge in [-0.25, -0.2) is 9.13 Å². The van der Waals surface area contributed by atoms with E-state index in [-0.39, 0.29) is 25.7 Å². The fraction of sp³-hybridized carbons (Fsp3) is 0.904. The van der Waals surface area contributed by atoms with Crippen molar-refractivity contribution in [2.75, 3.05) is 39.6 Å². The topological polar surface area (TPSA) is 237 Å². The van der Waals surface area contributed by atoms with Gasteiger partial charge in [0.2, 0.25) is 0 Å². The normalized spacial score (nSPS) is 13.9. The van der Waals surface area contributed by atoms with Crippen molar-refractivity contribution in [2.24, 2.45) is 0 Å². The van der Waals surface area contributed by atoms with Gasteiger partial charge in [0.15, 0.2) is 12.2 Å². The number of allylic oxidation sites excluding steroid dienone is 4. The lowest BCUT2D eigenvalue weighted by Crippen LogP contribution is -2.30. The summed E-state index contributed by atoms with van der Waals surface area (Å²) in [5, 5.41) is 10.7. The van der Waals surface area contributed by atoms with E-state index < -0.39 is 97.5 Å². The number of ether oxygens (including phenoxy) is 4. The van der Waals surface area contributed by atoms with Gasteiger partial charge < -0.3 is 33.8 Å². The van der Waals surface area contributed by atoms with Crippen LogP contribution in [0.15, 0.2) is 24.3 Å². The molecule has 0 bridgehead atoms. The highest BCUT2D eigenvalue weighted by atomic mass is 31.2. The van der Waals surface area contributed by atoms with Crippen LogP contribution >= 0.6 is 15.6 Å². The first kappa shape index (κ1) is 99.5. The molecule has 0 aromatic heterocycles. The smallest absolute Gasteiger partial charge is 0.462 e. The average molecular weight is 1490 g/mol. The Kier molecular flexibility index (Phi) is 74.9. The molecular formula is C83H158O17P2. The second kappa shape index (κ2) is 76.7. The number of rotatable bonds is 82. The molecule has 5 atom stereocenters. The number of hydrogen-bond acceptors (Lipinski definition) is 15. The highest BCUT2D eigenvalue weighted by molar-refractivity contribution is 7.47. The van der Waals surface area contributed by atoms with Gasteiger partial charge in [-0.2, -0.15) is 0 Å². The Balaban J connectivity index is 5.28. The molecule has 0 spiro atoms. The first-order chi connectivity index (χ1) is 49.7. The maximum Gasteiger partial charge on any atom is 0.472 e. The number of hydrogen-bond donors (Lipinski definition) is 3. The van der Waals surface area contributed by atoms with Crippen molar-refractivity contribution in [3.05, 3.63) is 24.3 Å². The summed E-state index contributed by atoms with van der Waals surface area (Å²) in [7, 11) is -9.93. The lowest BCUT2D eigenvalue weighted by atomic mass is 10.0. The Morgan fingerprint density at radius 1 is 0.275 bits per heavy atom. The number of esters is 4. The molecule has 0 fully saturated rings. The minimum absolute atomic E-state index is 0.103. The fourth-order valence-electron chi connectivity index (χ4n) is 12.4. The molecule has 0 radical (unpaired) electrons. The summed E-state index contributed by atoms with van der Waals surface area (Å²) in [6.07, 6.45) is 72.8. The molecule has 0 rings (SSSR count). The predicted octanol–water partition coefficient (Wildman–Crippen LogP) is 24.9. The summed E-state index contributed by atoms with van der Waals surface area (Å²) in [6, 6.07) is 0. The number of carbonyl (C=O) groups excluding carboxylic acids is 4. The Hall–Kier alpha value is -2.46. The summed E-state index contributed by atoms with van der Waals surface area (Å²) in [4.78, 5) is 73.1. The Bertz CT molecular complexity index is 2020. The van der Waals surface area contributed by atoms with E-state index in [2.05, 4.69) is 52.0 Å². The summed E-state index contributed by atoms with van der Waals surface area (Å²) in [5.41, 5.74) is 0. The van der Waals surface area contributed by atoms with Crippen LogP contribution in [0.3, 0.4) is 0 Å². The molecule has 19 heteroatoms. The minimum atomic E-state index is -4.97. The van der Waals surface area contributed by atoms with Crippen molar-refractivity contribution in [2.45, 2.75) is 444 Å². The van der Waals surface area contributed by atoms with Crippen LogP contribution in [0.1, 0.15) is 426 Å². The third-order valence-electron chi connectivity index (χ3n) is 18.9. The summed E-state index contributed by atoms with van der Waals surface area (Å²) >= 11 is 0. The van der Waals surface area contributed by atoms with Crippen LogP contribution < -0.4 is 0 Å². The highest BCUT2D eigenvalue weighted by Gasteiger charge is 2.30. The van der Waals surface area contributed by atoms with Crippen molar-refractivity contribution in [3.63, 3.8) is 0 Å². The first-order valence-corrected chi connectivity index (χ1v) is 45.6. The van der Waals surface area contributed by atoms with Crippen LogP contribution in [-0.4, -0.2) is 96.7 Å². The third-order valence-corrected chi connectivity index (χ3v) is 20.9. The molecule has 0 aliphatic heterocycles. The molecule has 3 N–H and O–H groups in total. The Morgan fingerprint density at radius 2 is 0.480 bits per heavy atom. The number of aliphatic hydroxyl groups is 1. The molecule has 0 amide bonds. The molecule has 602 valence electrons. The van der Waals surface area contributed by atoms with Crippen LogP contribution in [0, 0.1) is 0 Å². The van der Waals surface area contributed by atoms with Gasteiger partial charge in [-0.1, -0.05) is 367 Å². The summed E-state index contributed by atoms with van der Waals surface area (Å²) < 4.78 is 68.8. The van der Waals surface area contributed by atoms with E-state index in [9.17, 15) is 43.2 Å². The zero-order chi connectivity index (χ0) is 74.6. The molecule has 0 aliphatic rings. The minimum Gasteiger partial charge on any atom is -0.462 e. The zero-order valence-corrected chi connectivity index (χ0v) is 67.9. The quantitative estimate of drug-likeness (QED) is 0.0169. The number of aliphatic hydroxyl groups excluding tert-OH is 1. The van der Waals surface area contributed by atoms with Crippen LogP contribution in [0.2, 0.25) is 0 Å². The molecule has 2 unspecified atom stereocenters. The number of unbranched alkanes of at least 4 members (excludes halogenated alkanes) is 52. The maximum atomic E-state index is 13.1. The standard InChI is InChI=1S/C83H158O17P2/c1-5-9-13-17-21-25-29-33-36-38-41-45-48-52-56-60-64-68-81(86)94-73-78(99-82(87)69-65-61-57-53-49-43-32-28-24-20-16-12-8-4)75-97-101(89,90)95-71-77(84)72-96-102(91,92)98-76-79(74-93-80(85)67-63-59-55-51-47-44-40-35-31-27-23-19-15-11-7-3)100-83(88)70-66-62-58-54-50-46-42-39-37-34-30-26-22-18-14-10-6-2/h23,27,35,40,77-79,84H,5-22,24-26,28-34,36-39,41-76H2,1-4H3,(H,89,90)(H,91,92)/b27-23-,40-35-/t77-,78+,79+/m0/s1. The summed E-state index contributed by atoms with van der Waals surface area (Å²) in [5.74, 6) is -2.13. The number of phosphoric ester groups is 2. The van der Waals surface area contributed by atoms with Gasteiger partial charge in [0.1, 0.15) is 19.3 Å². The van der Waals surface area contributed by atoms with Crippen molar-refractivity contribution >= 4 is 39.5 Å². The highest BCUT2D eigenvalue weighted by Crippen LogP contribution is 2.45. The predicted molar refractivity (Wildman–Crippen MR) is 418 cm³/mol. The second-order valence-electron chi connectivity index (χ2n) is 29.2. The summed E-state index contributed by atoms with van der Waals surface area (Å²) in [6.45, 7) is 4.98. The van der Waals surface area contributed by atoms with Crippen molar-refractivity contribution in [1.29, 1.82) is 0 Å². The van der Waals surface area contributed by atoms with E-state index in [0.717, 1.165) is 116 Å². The van der Waals surface area contributed by atoms with Gasteiger partial charge in [0.05, 0.1) is 26.4 Å². The molecule has 0 heterocycles. The van der Waals surface area contributed by atoms with Gasteiger partial charge in [-0.15, -0.1) is 0 Å². The monoisotopic (exact) mass is 1490 g/mol. The molecule has 0 aromatic carbocycles. The third kappa shape index (κ3) is 75.8. The lowest BCUT2D eigenvalue weighted by molar-refractivity contribution is -0.161. The van der Waals surface area contributed by atoms with Crippen molar-refractivity contribution in [3.8, 4) is 0 Å². The number of phosphoric acid groups is 2. The Morgan fingerprint density at radius 3 is 0.745 bits per heavy atom. The Labute approximate surface area is 624 Å². The van der Waals surface area contributed by atoms with Crippen molar-refractivity contribution in [1.82, 2.24) is 0 Å². The first-order valence-electron chi connectivity index (χ1n) is 42.6. The molecular weight excluding hydrogens is 1330 g/mol. The van der Waals surface area contributed by atoms with E-state index in [1.807, 2.05) is 0 Å². The van der Waals surface area contributed by atoms with E-state index in [1.165, 1.54) is 231 Å². The molecule has 0 saturated heterocycles. The largest absolute Gasteiger partial charge is 0.472 e. The van der Waals surface area contributed by atoms with Crippen LogP contribution in [0.5, 0.6) is 0 Å². The fourth-order valence-corrected chi connectivity index (χ4v) is 14.0. The van der Waals surface area contributed by atoms with Crippen LogP contribution in [-0.2, 0) is 65.4 Å². The van der Waals surface area contributed by atoms with E-state index >= 15 is 0 Å². The molecule has 0 aromatic rings. The zero-order valence-electron chi connectivity index (χ0n) is 66.1. The molecule has 0 aliphatic carbocycles.